The zero-order valence-corrected chi connectivity index (χ0v) is 11.5. The topological polar surface area (TPSA) is 86.8 Å². The van der Waals surface area contributed by atoms with E-state index < -0.39 is 12.0 Å². The fourth-order valence-electron chi connectivity index (χ4n) is 2.67. The van der Waals surface area contributed by atoms with Crippen molar-refractivity contribution in [3.63, 3.8) is 0 Å². The lowest BCUT2D eigenvalue weighted by molar-refractivity contribution is -0.129. The zero-order chi connectivity index (χ0) is 14.5. The van der Waals surface area contributed by atoms with E-state index in [1.54, 1.807) is 0 Å². The molecule has 0 spiro atoms. The Kier molecular flexibility index (Phi) is 5.11. The van der Waals surface area contributed by atoms with E-state index in [1.807, 2.05) is 24.3 Å². The molecule has 0 unspecified atom stereocenters. The molecule has 5 heteroatoms. The van der Waals surface area contributed by atoms with Gasteiger partial charge in [-0.1, -0.05) is 24.3 Å². The number of benzene rings is 1. The van der Waals surface area contributed by atoms with E-state index >= 15 is 0 Å². The van der Waals surface area contributed by atoms with Crippen molar-refractivity contribution < 1.29 is 15.0 Å². The molecule has 1 aromatic carbocycles. The molecule has 1 heterocycles. The van der Waals surface area contributed by atoms with Gasteiger partial charge in [0.05, 0.1) is 6.61 Å². The lowest BCUT2D eigenvalue weighted by atomic mass is 9.90. The minimum Gasteiger partial charge on any atom is -0.392 e. The fourth-order valence-corrected chi connectivity index (χ4v) is 2.67. The molecule has 1 amide bonds. The number of amides is 1. The molecule has 1 aliphatic heterocycles. The number of nitrogens with two attached hydrogens (primary N) is 1. The first-order chi connectivity index (χ1) is 9.60. The van der Waals surface area contributed by atoms with Crippen molar-refractivity contribution >= 4 is 5.91 Å². The maximum atomic E-state index is 11.0. The first-order valence-corrected chi connectivity index (χ1v) is 6.98. The number of nitrogens with zero attached hydrogens (tertiary/aromatic N) is 1. The number of aliphatic hydroxyl groups is 2. The average Bonchev–Trinajstić information content (AvgIpc) is 2.48. The molecule has 110 valence electrons. The van der Waals surface area contributed by atoms with Crippen LogP contribution < -0.4 is 5.73 Å². The van der Waals surface area contributed by atoms with Gasteiger partial charge in [-0.25, -0.2) is 0 Å². The van der Waals surface area contributed by atoms with Crippen LogP contribution in [0.2, 0.25) is 0 Å². The van der Waals surface area contributed by atoms with E-state index in [9.17, 15) is 9.90 Å². The van der Waals surface area contributed by atoms with Crippen LogP contribution in [-0.2, 0) is 17.9 Å². The molecule has 1 saturated heterocycles. The highest BCUT2D eigenvalue weighted by molar-refractivity contribution is 5.78. The van der Waals surface area contributed by atoms with Gasteiger partial charge in [-0.3, -0.25) is 9.69 Å². The standard InChI is InChI=1S/C15H22N2O3/c16-15(20)14(19)13-5-7-17(8-6-13)9-11-1-3-12(10-18)4-2-11/h1-4,13-14,18-19H,5-10H2,(H2,16,20)/t14-/m1/s1. The minimum atomic E-state index is -1.01. The van der Waals surface area contributed by atoms with Crippen molar-refractivity contribution in [1.82, 2.24) is 4.90 Å². The Bertz CT molecular complexity index is 439. The third kappa shape index (κ3) is 3.79. The van der Waals surface area contributed by atoms with Gasteiger partial charge >= 0.3 is 0 Å². The summed E-state index contributed by atoms with van der Waals surface area (Å²) in [6, 6.07) is 7.91. The lowest BCUT2D eigenvalue weighted by Crippen LogP contribution is -2.42. The summed E-state index contributed by atoms with van der Waals surface area (Å²) >= 11 is 0. The van der Waals surface area contributed by atoms with Crippen molar-refractivity contribution in [3.05, 3.63) is 35.4 Å². The number of rotatable bonds is 5. The summed E-state index contributed by atoms with van der Waals surface area (Å²) in [5, 5.41) is 18.7. The smallest absolute Gasteiger partial charge is 0.246 e. The van der Waals surface area contributed by atoms with Gasteiger partial charge in [0, 0.05) is 6.54 Å². The Morgan fingerprint density at radius 3 is 2.30 bits per heavy atom. The van der Waals surface area contributed by atoms with Crippen LogP contribution in [0.5, 0.6) is 0 Å². The van der Waals surface area contributed by atoms with Gasteiger partial charge in [0.1, 0.15) is 6.10 Å². The highest BCUT2D eigenvalue weighted by Crippen LogP contribution is 2.22. The molecule has 2 rings (SSSR count). The molecule has 1 aliphatic rings. The van der Waals surface area contributed by atoms with Crippen LogP contribution in [0.15, 0.2) is 24.3 Å². The van der Waals surface area contributed by atoms with Crippen molar-refractivity contribution in [1.29, 1.82) is 0 Å². The second-order valence-electron chi connectivity index (χ2n) is 5.44. The van der Waals surface area contributed by atoms with Crippen molar-refractivity contribution in [2.45, 2.75) is 32.1 Å². The molecule has 1 fully saturated rings. The first-order valence-electron chi connectivity index (χ1n) is 6.98. The van der Waals surface area contributed by atoms with E-state index in [1.165, 1.54) is 5.56 Å². The van der Waals surface area contributed by atoms with Crippen LogP contribution in [0.25, 0.3) is 0 Å². The number of piperidine rings is 1. The third-order valence-corrected chi connectivity index (χ3v) is 3.98. The number of carbonyl (C=O) groups is 1. The Labute approximate surface area is 119 Å². The van der Waals surface area contributed by atoms with Crippen molar-refractivity contribution in [2.24, 2.45) is 11.7 Å². The Balaban J connectivity index is 1.83. The second-order valence-corrected chi connectivity index (χ2v) is 5.44. The number of likely N-dealkylation sites (tertiary alicyclic amines) is 1. The van der Waals surface area contributed by atoms with Crippen LogP contribution in [0.1, 0.15) is 24.0 Å². The predicted molar refractivity (Wildman–Crippen MR) is 75.6 cm³/mol. The number of hydrogen-bond donors (Lipinski definition) is 3. The molecule has 20 heavy (non-hydrogen) atoms. The summed E-state index contributed by atoms with van der Waals surface area (Å²) < 4.78 is 0. The Morgan fingerprint density at radius 1 is 1.25 bits per heavy atom. The van der Waals surface area contributed by atoms with Crippen LogP contribution >= 0.6 is 0 Å². The average molecular weight is 278 g/mol. The molecule has 1 atom stereocenters. The first kappa shape index (κ1) is 15.0. The Hall–Kier alpha value is -1.43. The van der Waals surface area contributed by atoms with E-state index in [2.05, 4.69) is 4.90 Å². The maximum absolute atomic E-state index is 11.0. The summed E-state index contributed by atoms with van der Waals surface area (Å²) in [4.78, 5) is 13.3. The van der Waals surface area contributed by atoms with Crippen molar-refractivity contribution in [2.75, 3.05) is 13.1 Å². The SMILES string of the molecule is NC(=O)[C@H](O)C1CCN(Cc2ccc(CO)cc2)CC1. The summed E-state index contributed by atoms with van der Waals surface area (Å²) in [5.41, 5.74) is 7.25. The molecule has 0 aliphatic carbocycles. The molecular formula is C15H22N2O3. The molecular weight excluding hydrogens is 256 g/mol. The van der Waals surface area contributed by atoms with Gasteiger partial charge in [-0.2, -0.15) is 0 Å². The summed E-state index contributed by atoms with van der Waals surface area (Å²) in [5.74, 6) is -0.636. The highest BCUT2D eigenvalue weighted by atomic mass is 16.3. The Morgan fingerprint density at radius 2 is 1.80 bits per heavy atom. The monoisotopic (exact) mass is 278 g/mol. The van der Waals surface area contributed by atoms with E-state index in [4.69, 9.17) is 10.8 Å². The predicted octanol–water partition coefficient (Wildman–Crippen LogP) is 0.237. The van der Waals surface area contributed by atoms with Gasteiger partial charge in [0.25, 0.3) is 0 Å². The minimum absolute atomic E-state index is 0.0134. The summed E-state index contributed by atoms with van der Waals surface area (Å²) in [7, 11) is 0. The third-order valence-electron chi connectivity index (χ3n) is 3.98. The molecule has 0 aromatic heterocycles. The van der Waals surface area contributed by atoms with Crippen LogP contribution in [0.4, 0.5) is 0 Å². The van der Waals surface area contributed by atoms with Crippen molar-refractivity contribution in [3.8, 4) is 0 Å². The van der Waals surface area contributed by atoms with E-state index in [0.717, 1.165) is 38.0 Å². The molecule has 1 aromatic rings. The highest BCUT2D eigenvalue weighted by Gasteiger charge is 2.28. The van der Waals surface area contributed by atoms with Crippen LogP contribution in [0, 0.1) is 5.92 Å². The van der Waals surface area contributed by atoms with Crippen LogP contribution in [-0.4, -0.2) is 40.2 Å². The molecule has 0 bridgehead atoms. The molecule has 0 saturated carbocycles. The number of carbonyl (C=O) groups excluding carboxylic acids is 1. The lowest BCUT2D eigenvalue weighted by Gasteiger charge is -2.33. The van der Waals surface area contributed by atoms with Gasteiger partial charge in [0.2, 0.25) is 5.91 Å². The van der Waals surface area contributed by atoms with Gasteiger partial charge in [-0.05, 0) is 43.0 Å². The second kappa shape index (κ2) is 6.83. The fraction of sp³-hybridized carbons (Fsp3) is 0.533. The molecule has 5 nitrogen and oxygen atoms in total. The van der Waals surface area contributed by atoms with E-state index in [-0.39, 0.29) is 12.5 Å². The quantitative estimate of drug-likeness (QED) is 0.720. The maximum Gasteiger partial charge on any atom is 0.246 e. The molecule has 4 N–H and O–H groups in total. The largest absolute Gasteiger partial charge is 0.392 e. The zero-order valence-electron chi connectivity index (χ0n) is 11.5. The normalized spacial score (nSPS) is 18.9. The summed E-state index contributed by atoms with van der Waals surface area (Å²) in [6.45, 7) is 2.63. The van der Waals surface area contributed by atoms with Gasteiger partial charge in [-0.15, -0.1) is 0 Å². The van der Waals surface area contributed by atoms with Gasteiger partial charge in [0.15, 0.2) is 0 Å². The van der Waals surface area contributed by atoms with Crippen LogP contribution in [0.3, 0.4) is 0 Å². The number of aliphatic hydroxyl groups excluding tert-OH is 2. The van der Waals surface area contributed by atoms with Gasteiger partial charge < -0.3 is 15.9 Å². The van der Waals surface area contributed by atoms with E-state index in [0.29, 0.717) is 0 Å². The molecule has 0 radical (unpaired) electrons. The summed E-state index contributed by atoms with van der Waals surface area (Å²) in [6.07, 6.45) is 0.568. The number of hydrogen-bond acceptors (Lipinski definition) is 4. The number of primary amides is 1.